The molecule has 4 aliphatic rings. The number of imidazole rings is 1. The largest absolute Gasteiger partial charge is 0.455 e. The zero-order chi connectivity index (χ0) is 54.9. The summed E-state index contributed by atoms with van der Waals surface area (Å²) in [4.78, 5) is 8.43. The van der Waals surface area contributed by atoms with Crippen molar-refractivity contribution in [3.63, 3.8) is 0 Å². The number of nitrogens with zero attached hydrogens (tertiary/aromatic N) is 4. The SMILES string of the molecule is CC(C)(C)c1ccc(N2B3c4cc5nc(-c6ccccc6)n(-c6ccccc6)c5cc4-n4c5ccc(C(C)(C)C)cc5c5c6oc7ccccc7c6c(c3c54)-c3cc4c(cc32)-c2cc3c(cc2C4(C)C)C(C)(C)CCC3(C)C)cc1. The van der Waals surface area contributed by atoms with Crippen molar-refractivity contribution >= 4 is 83.9 Å². The molecule has 3 aromatic heterocycles. The van der Waals surface area contributed by atoms with Crippen LogP contribution in [0.4, 0.5) is 11.4 Å². The number of hydrogen-bond acceptors (Lipinski definition) is 3. The quantitative estimate of drug-likeness (QED) is 0.166. The molecule has 5 heterocycles. The third kappa shape index (κ3) is 6.34. The molecule has 2 aliphatic heterocycles. The number of para-hydroxylation sites is 2. The van der Waals surface area contributed by atoms with E-state index >= 15 is 0 Å². The molecule has 0 N–H and O–H groups in total. The van der Waals surface area contributed by atoms with Crippen LogP contribution >= 0.6 is 0 Å². The molecule has 0 radical (unpaired) electrons. The van der Waals surface area contributed by atoms with Crippen molar-refractivity contribution in [2.24, 2.45) is 0 Å². The van der Waals surface area contributed by atoms with E-state index in [0.717, 1.165) is 56.0 Å². The van der Waals surface area contributed by atoms with Gasteiger partial charge >= 0.3 is 6.85 Å². The van der Waals surface area contributed by atoms with E-state index in [1.807, 2.05) is 0 Å². The van der Waals surface area contributed by atoms with Gasteiger partial charge in [0.1, 0.15) is 17.0 Å². The molecular formula is C74H67BN4O. The van der Waals surface area contributed by atoms with Crippen molar-refractivity contribution in [3.05, 3.63) is 197 Å². The van der Waals surface area contributed by atoms with E-state index in [-0.39, 0.29) is 33.9 Å². The average molecular weight is 1040 g/mol. The Hall–Kier alpha value is -8.09. The Morgan fingerprint density at radius 2 is 1.14 bits per heavy atom. The third-order valence-electron chi connectivity index (χ3n) is 19.7. The lowest BCUT2D eigenvalue weighted by atomic mass is 9.43. The topological polar surface area (TPSA) is 39.1 Å². The van der Waals surface area contributed by atoms with Crippen LogP contribution in [0.2, 0.25) is 0 Å². The molecule has 12 aromatic rings. The molecule has 0 saturated heterocycles. The monoisotopic (exact) mass is 1040 g/mol. The van der Waals surface area contributed by atoms with Crippen LogP contribution in [0.1, 0.15) is 129 Å². The van der Waals surface area contributed by atoms with E-state index < -0.39 is 0 Å². The summed E-state index contributed by atoms with van der Waals surface area (Å²) in [6, 6.07) is 62.5. The molecule has 0 bridgehead atoms. The summed E-state index contributed by atoms with van der Waals surface area (Å²) in [7, 11) is 0. The van der Waals surface area contributed by atoms with Gasteiger partial charge in [0, 0.05) is 55.5 Å². The minimum absolute atomic E-state index is 0.0213. The van der Waals surface area contributed by atoms with E-state index in [1.165, 1.54) is 112 Å². The molecule has 5 nitrogen and oxygen atoms in total. The van der Waals surface area contributed by atoms with Crippen LogP contribution in [0.25, 0.3) is 99.8 Å². The van der Waals surface area contributed by atoms with Gasteiger partial charge < -0.3 is 13.8 Å². The first-order valence-electron chi connectivity index (χ1n) is 29.1. The molecule has 0 amide bonds. The number of aromatic nitrogens is 3. The van der Waals surface area contributed by atoms with Gasteiger partial charge in [-0.25, -0.2) is 4.98 Å². The average Bonchev–Trinajstić information content (AvgIpc) is 2.56. The van der Waals surface area contributed by atoms with Crippen LogP contribution in [0.3, 0.4) is 0 Å². The first-order chi connectivity index (χ1) is 38.2. The Kier molecular flexibility index (Phi) is 9.35. The summed E-state index contributed by atoms with van der Waals surface area (Å²) in [5, 5.41) is 4.71. The molecule has 0 spiro atoms. The third-order valence-corrected chi connectivity index (χ3v) is 19.7. The highest BCUT2D eigenvalue weighted by atomic mass is 16.3. The molecule has 0 atom stereocenters. The van der Waals surface area contributed by atoms with E-state index in [9.17, 15) is 0 Å². The smallest absolute Gasteiger partial charge is 0.333 e. The first kappa shape index (κ1) is 47.9. The fourth-order valence-corrected chi connectivity index (χ4v) is 15.1. The zero-order valence-corrected chi connectivity index (χ0v) is 48.3. The number of hydrogen-bond donors (Lipinski definition) is 0. The fraction of sp³-hybridized carbons (Fsp3) is 0.257. The lowest BCUT2D eigenvalue weighted by Gasteiger charge is -2.43. The molecular weight excluding hydrogens is 972 g/mol. The van der Waals surface area contributed by atoms with Gasteiger partial charge in [0.05, 0.1) is 27.5 Å². The molecule has 0 unspecified atom stereocenters. The zero-order valence-electron chi connectivity index (χ0n) is 48.3. The Labute approximate surface area is 470 Å². The second-order valence-corrected chi connectivity index (χ2v) is 27.8. The van der Waals surface area contributed by atoms with E-state index in [0.29, 0.717) is 0 Å². The van der Waals surface area contributed by atoms with Crippen molar-refractivity contribution in [2.75, 3.05) is 4.81 Å². The Bertz CT molecular complexity index is 4680. The fourth-order valence-electron chi connectivity index (χ4n) is 15.1. The lowest BCUT2D eigenvalue weighted by molar-refractivity contribution is 0.331. The summed E-state index contributed by atoms with van der Waals surface area (Å²) in [5.74, 6) is 0.919. The number of benzene rings is 9. The van der Waals surface area contributed by atoms with E-state index in [4.69, 9.17) is 9.40 Å². The van der Waals surface area contributed by atoms with E-state index in [1.54, 1.807) is 0 Å². The van der Waals surface area contributed by atoms with E-state index in [2.05, 4.69) is 261 Å². The molecule has 2 aliphatic carbocycles. The summed E-state index contributed by atoms with van der Waals surface area (Å²) in [6.45, 7) is 28.5. The summed E-state index contributed by atoms with van der Waals surface area (Å²) >= 11 is 0. The maximum Gasteiger partial charge on any atom is 0.333 e. The normalized spacial score (nSPS) is 16.4. The van der Waals surface area contributed by atoms with Gasteiger partial charge in [-0.05, 0) is 168 Å². The Morgan fingerprint density at radius 3 is 1.85 bits per heavy atom. The highest BCUT2D eigenvalue weighted by Crippen LogP contribution is 2.59. The molecule has 0 fully saturated rings. The van der Waals surface area contributed by atoms with Crippen LogP contribution < -0.4 is 15.7 Å². The van der Waals surface area contributed by atoms with Crippen LogP contribution in [0.5, 0.6) is 0 Å². The standard InChI is InChI=1S/C74H67BN4O/c1-70(2,3)43-27-30-46(31-28-43)79-59-38-49-48-36-54-55(73(9,10)34-33-72(54,7)8)39-53(48)74(11,12)52(49)37-51(59)63-64-47-25-19-20-26-62(47)80-68(64)65-50-35-44(71(4,5)6)29-32-58(50)78-60-41-61-57(40-56(60)75(79)66(63)67(65)78)76-69(42-21-15-13-16-22-42)77(61)45-23-17-14-18-24-45/h13-32,35-41H,33-34H2,1-12H3. The van der Waals surface area contributed by atoms with Gasteiger partial charge in [-0.1, -0.05) is 174 Å². The molecule has 6 heteroatoms. The van der Waals surface area contributed by atoms with Gasteiger partial charge in [-0.2, -0.15) is 0 Å². The number of rotatable bonds is 3. The summed E-state index contributed by atoms with van der Waals surface area (Å²) in [5.41, 5.74) is 27.9. The minimum Gasteiger partial charge on any atom is -0.455 e. The Morgan fingerprint density at radius 1 is 0.512 bits per heavy atom. The molecule has 392 valence electrons. The lowest BCUT2D eigenvalue weighted by Crippen LogP contribution is -2.60. The molecule has 16 rings (SSSR count). The minimum atomic E-state index is -0.258. The van der Waals surface area contributed by atoms with Crippen molar-refractivity contribution in [1.82, 2.24) is 14.1 Å². The number of fused-ring (bicyclic) bond motifs is 18. The summed E-state index contributed by atoms with van der Waals surface area (Å²) < 4.78 is 12.4. The van der Waals surface area contributed by atoms with Gasteiger partial charge in [0.2, 0.25) is 0 Å². The van der Waals surface area contributed by atoms with Crippen molar-refractivity contribution in [1.29, 1.82) is 0 Å². The predicted molar refractivity (Wildman–Crippen MR) is 337 cm³/mol. The highest BCUT2D eigenvalue weighted by Gasteiger charge is 2.49. The van der Waals surface area contributed by atoms with Gasteiger partial charge in [0.15, 0.2) is 0 Å². The molecule has 0 saturated carbocycles. The van der Waals surface area contributed by atoms with Crippen molar-refractivity contribution in [2.45, 2.75) is 123 Å². The van der Waals surface area contributed by atoms with Crippen LogP contribution in [-0.4, -0.2) is 21.0 Å². The molecule has 9 aromatic carbocycles. The van der Waals surface area contributed by atoms with Crippen LogP contribution in [0, 0.1) is 0 Å². The molecule has 80 heavy (non-hydrogen) atoms. The maximum absolute atomic E-state index is 7.44. The van der Waals surface area contributed by atoms with Crippen molar-refractivity contribution < 1.29 is 4.42 Å². The maximum atomic E-state index is 7.44. The first-order valence-corrected chi connectivity index (χ1v) is 29.1. The predicted octanol–water partition coefficient (Wildman–Crippen LogP) is 18.2. The second kappa shape index (κ2) is 15.6. The number of furan rings is 1. The second-order valence-electron chi connectivity index (χ2n) is 27.8. The summed E-state index contributed by atoms with van der Waals surface area (Å²) in [6.07, 6.45) is 2.35. The van der Waals surface area contributed by atoms with Gasteiger partial charge in [-0.15, -0.1) is 0 Å². The van der Waals surface area contributed by atoms with Gasteiger partial charge in [0.25, 0.3) is 0 Å². The van der Waals surface area contributed by atoms with Crippen LogP contribution in [-0.2, 0) is 27.1 Å². The van der Waals surface area contributed by atoms with Crippen LogP contribution in [0.15, 0.2) is 168 Å². The highest BCUT2D eigenvalue weighted by molar-refractivity contribution is 6.94. The number of anilines is 2. The van der Waals surface area contributed by atoms with Crippen molar-refractivity contribution in [3.8, 4) is 45.0 Å². The Balaban J connectivity index is 1.11. The van der Waals surface area contributed by atoms with Gasteiger partial charge in [-0.3, -0.25) is 4.57 Å².